The van der Waals surface area contributed by atoms with Crippen molar-refractivity contribution in [2.45, 2.75) is 6.42 Å². The smallest absolute Gasteiger partial charge is 0.135 e. The lowest BCUT2D eigenvalue weighted by atomic mass is 10.1. The number of fused-ring (bicyclic) bond motifs is 1. The van der Waals surface area contributed by atoms with E-state index in [1.165, 1.54) is 0 Å². The predicted molar refractivity (Wildman–Crippen MR) is 54.0 cm³/mol. The summed E-state index contributed by atoms with van der Waals surface area (Å²) in [6, 6.07) is 5.75. The maximum absolute atomic E-state index is 6.15. The van der Waals surface area contributed by atoms with Gasteiger partial charge in [0, 0.05) is 5.39 Å². The van der Waals surface area contributed by atoms with Crippen LogP contribution in [0.2, 0.25) is 5.02 Å². The molecule has 0 aliphatic carbocycles. The number of nitrogens with two attached hydrogens (primary N) is 1. The van der Waals surface area contributed by atoms with Gasteiger partial charge in [-0.05, 0) is 30.7 Å². The Labute approximate surface area is 81.3 Å². The van der Waals surface area contributed by atoms with Gasteiger partial charge < -0.3 is 10.2 Å². The molecule has 2 rings (SSSR count). The van der Waals surface area contributed by atoms with Crippen LogP contribution in [0.4, 0.5) is 0 Å². The minimum absolute atomic E-state index is 0.614. The lowest BCUT2D eigenvalue weighted by molar-refractivity contribution is 0.616. The van der Waals surface area contributed by atoms with Gasteiger partial charge in [0.15, 0.2) is 0 Å². The van der Waals surface area contributed by atoms with Gasteiger partial charge in [-0.2, -0.15) is 0 Å². The first kappa shape index (κ1) is 8.60. The van der Waals surface area contributed by atoms with E-state index in [2.05, 4.69) is 0 Å². The molecule has 0 aliphatic heterocycles. The molecule has 13 heavy (non-hydrogen) atoms. The van der Waals surface area contributed by atoms with E-state index in [1.54, 1.807) is 6.26 Å². The highest BCUT2D eigenvalue weighted by atomic mass is 35.5. The number of rotatable bonds is 2. The Hall–Kier alpha value is -0.990. The third-order valence-electron chi connectivity index (χ3n) is 2.06. The molecule has 2 aromatic rings. The molecule has 0 bridgehead atoms. The first-order chi connectivity index (χ1) is 6.33. The van der Waals surface area contributed by atoms with Gasteiger partial charge >= 0.3 is 0 Å². The molecular weight excluding hydrogens is 186 g/mol. The lowest BCUT2D eigenvalue weighted by Gasteiger charge is -2.02. The number of benzene rings is 1. The zero-order valence-corrected chi connectivity index (χ0v) is 7.84. The van der Waals surface area contributed by atoms with Crippen molar-refractivity contribution in [3.8, 4) is 0 Å². The van der Waals surface area contributed by atoms with Crippen LogP contribution in [0, 0.1) is 0 Å². The van der Waals surface area contributed by atoms with Gasteiger partial charge in [0.2, 0.25) is 0 Å². The van der Waals surface area contributed by atoms with Crippen LogP contribution >= 0.6 is 11.6 Å². The Balaban J connectivity index is 2.59. The number of hydrogen-bond donors (Lipinski definition) is 1. The summed E-state index contributed by atoms with van der Waals surface area (Å²) in [4.78, 5) is 0. The van der Waals surface area contributed by atoms with Crippen molar-refractivity contribution in [1.29, 1.82) is 0 Å². The molecule has 0 saturated carbocycles. The fraction of sp³-hybridized carbons (Fsp3) is 0.200. The molecular formula is C10H10ClNO. The largest absolute Gasteiger partial charge is 0.464 e. The molecule has 2 nitrogen and oxygen atoms in total. The van der Waals surface area contributed by atoms with Gasteiger partial charge in [0.1, 0.15) is 5.58 Å². The summed E-state index contributed by atoms with van der Waals surface area (Å²) in [6.45, 7) is 0.614. The topological polar surface area (TPSA) is 39.2 Å². The molecule has 68 valence electrons. The molecule has 0 amide bonds. The summed E-state index contributed by atoms with van der Waals surface area (Å²) in [7, 11) is 0. The Kier molecular flexibility index (Phi) is 2.25. The highest BCUT2D eigenvalue weighted by Gasteiger charge is 2.06. The van der Waals surface area contributed by atoms with Gasteiger partial charge in [0.25, 0.3) is 0 Å². The van der Waals surface area contributed by atoms with Crippen LogP contribution < -0.4 is 5.73 Å². The molecule has 0 fully saturated rings. The van der Waals surface area contributed by atoms with E-state index in [1.807, 2.05) is 18.2 Å². The molecule has 3 heteroatoms. The van der Waals surface area contributed by atoms with Crippen LogP contribution in [0.1, 0.15) is 5.56 Å². The number of halogens is 1. The van der Waals surface area contributed by atoms with Crippen molar-refractivity contribution in [3.05, 3.63) is 35.0 Å². The molecule has 0 spiro atoms. The van der Waals surface area contributed by atoms with Crippen LogP contribution in [0.5, 0.6) is 0 Å². The van der Waals surface area contributed by atoms with Crippen molar-refractivity contribution in [1.82, 2.24) is 0 Å². The molecule has 2 N–H and O–H groups in total. The van der Waals surface area contributed by atoms with Gasteiger partial charge in [0.05, 0.1) is 11.3 Å². The zero-order valence-electron chi connectivity index (χ0n) is 7.09. The quantitative estimate of drug-likeness (QED) is 0.800. The molecule has 1 aromatic carbocycles. The number of hydrogen-bond acceptors (Lipinski definition) is 2. The van der Waals surface area contributed by atoms with Crippen molar-refractivity contribution < 1.29 is 4.42 Å². The molecule has 0 unspecified atom stereocenters. The van der Waals surface area contributed by atoms with Gasteiger partial charge in [-0.3, -0.25) is 0 Å². The minimum atomic E-state index is 0.614. The lowest BCUT2D eigenvalue weighted by Crippen LogP contribution is -2.02. The molecule has 0 saturated heterocycles. The van der Waals surface area contributed by atoms with Crippen molar-refractivity contribution in [2.75, 3.05) is 6.54 Å². The third-order valence-corrected chi connectivity index (χ3v) is 2.51. The molecule has 1 heterocycles. The van der Waals surface area contributed by atoms with Crippen molar-refractivity contribution >= 4 is 22.6 Å². The Morgan fingerprint density at radius 1 is 1.31 bits per heavy atom. The van der Waals surface area contributed by atoms with E-state index < -0.39 is 0 Å². The molecule has 0 radical (unpaired) electrons. The summed E-state index contributed by atoms with van der Waals surface area (Å²) in [5.74, 6) is 0. The summed E-state index contributed by atoms with van der Waals surface area (Å²) in [5.41, 5.74) is 7.37. The standard InChI is InChI=1S/C10H10ClNO/c11-10-7(3-5-12)1-2-9-8(10)4-6-13-9/h1-2,4,6H,3,5,12H2. The first-order valence-corrected chi connectivity index (χ1v) is 4.55. The highest BCUT2D eigenvalue weighted by Crippen LogP contribution is 2.28. The Morgan fingerprint density at radius 2 is 2.15 bits per heavy atom. The van der Waals surface area contributed by atoms with Crippen LogP contribution in [0.15, 0.2) is 28.9 Å². The van der Waals surface area contributed by atoms with Gasteiger partial charge in [-0.1, -0.05) is 17.7 Å². The summed E-state index contributed by atoms with van der Waals surface area (Å²) in [6.07, 6.45) is 2.45. The van der Waals surface area contributed by atoms with Crippen molar-refractivity contribution in [2.24, 2.45) is 5.73 Å². The Morgan fingerprint density at radius 3 is 2.92 bits per heavy atom. The maximum atomic E-state index is 6.15. The van der Waals surface area contributed by atoms with Crippen LogP contribution in [-0.4, -0.2) is 6.54 Å². The first-order valence-electron chi connectivity index (χ1n) is 4.17. The highest BCUT2D eigenvalue weighted by molar-refractivity contribution is 6.36. The van der Waals surface area contributed by atoms with E-state index in [4.69, 9.17) is 21.8 Å². The second-order valence-electron chi connectivity index (χ2n) is 2.91. The van der Waals surface area contributed by atoms with E-state index in [0.29, 0.717) is 6.54 Å². The second-order valence-corrected chi connectivity index (χ2v) is 3.29. The minimum Gasteiger partial charge on any atom is -0.464 e. The fourth-order valence-electron chi connectivity index (χ4n) is 1.40. The van der Waals surface area contributed by atoms with Crippen LogP contribution in [-0.2, 0) is 6.42 Å². The van der Waals surface area contributed by atoms with Crippen LogP contribution in [0.3, 0.4) is 0 Å². The molecule has 0 atom stereocenters. The van der Waals surface area contributed by atoms with E-state index in [0.717, 1.165) is 28.0 Å². The fourth-order valence-corrected chi connectivity index (χ4v) is 1.72. The van der Waals surface area contributed by atoms with Gasteiger partial charge in [-0.15, -0.1) is 0 Å². The van der Waals surface area contributed by atoms with Crippen molar-refractivity contribution in [3.63, 3.8) is 0 Å². The second kappa shape index (κ2) is 3.40. The van der Waals surface area contributed by atoms with E-state index in [-0.39, 0.29) is 0 Å². The Bertz CT molecular complexity index is 422. The third kappa shape index (κ3) is 1.43. The summed E-state index contributed by atoms with van der Waals surface area (Å²) in [5, 5.41) is 1.73. The average Bonchev–Trinajstić information content (AvgIpc) is 2.58. The number of furan rings is 1. The van der Waals surface area contributed by atoms with E-state index >= 15 is 0 Å². The average molecular weight is 196 g/mol. The summed E-state index contributed by atoms with van der Waals surface area (Å²) < 4.78 is 5.22. The predicted octanol–water partition coefficient (Wildman–Crippen LogP) is 2.59. The van der Waals surface area contributed by atoms with Gasteiger partial charge in [-0.25, -0.2) is 0 Å². The summed E-state index contributed by atoms with van der Waals surface area (Å²) >= 11 is 6.15. The van der Waals surface area contributed by atoms with E-state index in [9.17, 15) is 0 Å². The SMILES string of the molecule is NCCc1ccc2occc2c1Cl. The maximum Gasteiger partial charge on any atom is 0.135 e. The monoisotopic (exact) mass is 195 g/mol. The normalized spacial score (nSPS) is 10.9. The molecule has 1 aromatic heterocycles. The zero-order chi connectivity index (χ0) is 9.26. The molecule has 0 aliphatic rings. The van der Waals surface area contributed by atoms with Crippen LogP contribution in [0.25, 0.3) is 11.0 Å².